The summed E-state index contributed by atoms with van der Waals surface area (Å²) in [7, 11) is 0. The maximum Gasteiger partial charge on any atom is 0.0749 e. The number of hydrogen-bond acceptors (Lipinski definition) is 2. The molecule has 0 amide bonds. The first-order chi connectivity index (χ1) is 8.95. The number of rotatable bonds is 2. The molecule has 2 aromatic rings. The van der Waals surface area contributed by atoms with Crippen LogP contribution in [0.3, 0.4) is 0 Å². The second kappa shape index (κ2) is 5.19. The van der Waals surface area contributed by atoms with Gasteiger partial charge in [-0.15, -0.1) is 0 Å². The van der Waals surface area contributed by atoms with E-state index in [0.29, 0.717) is 6.54 Å². The summed E-state index contributed by atoms with van der Waals surface area (Å²) < 4.78 is 0.941. The minimum atomic E-state index is 0.0286. The summed E-state index contributed by atoms with van der Waals surface area (Å²) in [6, 6.07) is 6.10. The Hall–Kier alpha value is -1.58. The molecule has 98 valence electrons. The van der Waals surface area contributed by atoms with Gasteiger partial charge in [-0.1, -0.05) is 47.9 Å². The van der Waals surface area contributed by atoms with Gasteiger partial charge in [0, 0.05) is 21.0 Å². The molecule has 0 aliphatic heterocycles. The normalized spacial score (nSPS) is 11.4. The zero-order valence-electron chi connectivity index (χ0n) is 11.2. The van der Waals surface area contributed by atoms with Gasteiger partial charge in [-0.05, 0) is 34.2 Å². The van der Waals surface area contributed by atoms with Crippen molar-refractivity contribution in [3.8, 4) is 0 Å². The predicted molar refractivity (Wildman–Crippen MR) is 81.0 cm³/mol. The first kappa shape index (κ1) is 13.8. The Labute approximate surface area is 120 Å². The Bertz CT molecular complexity index is 667. The third kappa shape index (κ3) is 2.72. The summed E-state index contributed by atoms with van der Waals surface area (Å²) in [6.07, 6.45) is 1.76. The van der Waals surface area contributed by atoms with E-state index in [1.54, 1.807) is 6.20 Å². The molecule has 0 spiro atoms. The summed E-state index contributed by atoms with van der Waals surface area (Å²) in [5.41, 5.74) is 11.6. The van der Waals surface area contributed by atoms with Crippen molar-refractivity contribution < 1.29 is 0 Å². The molecule has 0 radical (unpaired) electrons. The van der Waals surface area contributed by atoms with E-state index < -0.39 is 0 Å². The van der Waals surface area contributed by atoms with Crippen LogP contribution in [0.1, 0.15) is 31.9 Å². The number of benzene rings is 1. The van der Waals surface area contributed by atoms with Crippen LogP contribution in [0.2, 0.25) is 0 Å². The molecule has 0 saturated carbocycles. The van der Waals surface area contributed by atoms with E-state index in [1.807, 2.05) is 6.07 Å². The van der Waals surface area contributed by atoms with Gasteiger partial charge in [0.1, 0.15) is 0 Å². The molecule has 0 saturated heterocycles. The molecule has 1 heterocycles. The lowest BCUT2D eigenvalue weighted by Gasteiger charge is -2.23. The minimum Gasteiger partial charge on any atom is -0.256 e. The molecule has 2 rings (SSSR count). The van der Waals surface area contributed by atoms with Gasteiger partial charge >= 0.3 is 0 Å². The van der Waals surface area contributed by atoms with E-state index in [9.17, 15) is 0 Å². The van der Waals surface area contributed by atoms with Crippen molar-refractivity contribution in [1.29, 1.82) is 0 Å². The zero-order valence-corrected chi connectivity index (χ0v) is 12.8. The van der Waals surface area contributed by atoms with E-state index in [-0.39, 0.29) is 5.41 Å². The third-order valence-electron chi connectivity index (χ3n) is 3.04. The van der Waals surface area contributed by atoms with Crippen molar-refractivity contribution in [3.05, 3.63) is 50.4 Å². The van der Waals surface area contributed by atoms with E-state index in [4.69, 9.17) is 5.53 Å². The highest BCUT2D eigenvalue weighted by molar-refractivity contribution is 9.10. The van der Waals surface area contributed by atoms with Crippen LogP contribution < -0.4 is 0 Å². The van der Waals surface area contributed by atoms with Gasteiger partial charge in [0.15, 0.2) is 0 Å². The lowest BCUT2D eigenvalue weighted by atomic mass is 9.83. The molecule has 0 N–H and O–H groups in total. The molecule has 4 nitrogen and oxygen atoms in total. The lowest BCUT2D eigenvalue weighted by molar-refractivity contribution is 0.595. The van der Waals surface area contributed by atoms with Gasteiger partial charge in [-0.3, -0.25) is 4.98 Å². The van der Waals surface area contributed by atoms with Gasteiger partial charge in [-0.2, -0.15) is 0 Å². The van der Waals surface area contributed by atoms with Crippen molar-refractivity contribution in [2.45, 2.75) is 32.7 Å². The van der Waals surface area contributed by atoms with E-state index in [1.165, 1.54) is 5.56 Å². The molecular formula is C14H15BrN4. The largest absolute Gasteiger partial charge is 0.256 e. The second-order valence-corrected chi connectivity index (χ2v) is 6.28. The average molecular weight is 319 g/mol. The van der Waals surface area contributed by atoms with Crippen molar-refractivity contribution in [3.63, 3.8) is 0 Å². The van der Waals surface area contributed by atoms with E-state index in [0.717, 1.165) is 20.9 Å². The topological polar surface area (TPSA) is 61.7 Å². The fourth-order valence-electron chi connectivity index (χ4n) is 2.14. The maximum absolute atomic E-state index is 8.50. The molecule has 0 aliphatic rings. The Morgan fingerprint density at radius 1 is 1.42 bits per heavy atom. The fourth-order valence-corrected chi connectivity index (χ4v) is 2.68. The highest BCUT2D eigenvalue weighted by atomic mass is 79.9. The summed E-state index contributed by atoms with van der Waals surface area (Å²) in [4.78, 5) is 7.28. The zero-order chi connectivity index (χ0) is 14.0. The molecule has 0 aliphatic carbocycles. The van der Waals surface area contributed by atoms with Crippen molar-refractivity contribution >= 4 is 26.8 Å². The second-order valence-electron chi connectivity index (χ2n) is 5.42. The number of halogens is 1. The summed E-state index contributed by atoms with van der Waals surface area (Å²) >= 11 is 3.57. The lowest BCUT2D eigenvalue weighted by Crippen LogP contribution is -2.12. The van der Waals surface area contributed by atoms with Crippen LogP contribution in [-0.2, 0) is 12.0 Å². The average Bonchev–Trinajstić information content (AvgIpc) is 2.36. The maximum atomic E-state index is 8.50. The van der Waals surface area contributed by atoms with Crippen molar-refractivity contribution in [2.24, 2.45) is 5.11 Å². The number of azide groups is 1. The quantitative estimate of drug-likeness (QED) is 0.431. The Balaban J connectivity index is 2.80. The molecule has 0 unspecified atom stereocenters. The number of pyridine rings is 1. The minimum absolute atomic E-state index is 0.0286. The summed E-state index contributed by atoms with van der Waals surface area (Å²) in [5, 5.41) is 4.77. The molecule has 0 atom stereocenters. The van der Waals surface area contributed by atoms with Crippen molar-refractivity contribution in [1.82, 2.24) is 4.98 Å². The molecule has 19 heavy (non-hydrogen) atoms. The van der Waals surface area contributed by atoms with Crippen LogP contribution in [-0.4, -0.2) is 4.98 Å². The molecular weight excluding hydrogens is 304 g/mol. The van der Waals surface area contributed by atoms with Crippen LogP contribution in [0.15, 0.2) is 34.0 Å². The van der Waals surface area contributed by atoms with Crippen molar-refractivity contribution in [2.75, 3.05) is 0 Å². The number of nitrogens with zero attached hydrogens (tertiary/aromatic N) is 4. The van der Waals surface area contributed by atoms with Crippen LogP contribution in [0, 0.1) is 0 Å². The van der Waals surface area contributed by atoms with Crippen LogP contribution >= 0.6 is 15.9 Å². The SMILES string of the molecule is CC(C)(C)c1cc(Br)c(CN=[N+]=[N-])c2ncccc12. The molecule has 0 fully saturated rings. The first-order valence-corrected chi connectivity index (χ1v) is 6.82. The smallest absolute Gasteiger partial charge is 0.0749 e. The number of aromatic nitrogens is 1. The summed E-state index contributed by atoms with van der Waals surface area (Å²) in [6.45, 7) is 6.83. The Kier molecular flexibility index (Phi) is 3.78. The number of fused-ring (bicyclic) bond motifs is 1. The van der Waals surface area contributed by atoms with Crippen LogP contribution in [0.25, 0.3) is 21.3 Å². The van der Waals surface area contributed by atoms with E-state index in [2.05, 4.69) is 63.8 Å². The van der Waals surface area contributed by atoms with E-state index >= 15 is 0 Å². The van der Waals surface area contributed by atoms with Gasteiger partial charge < -0.3 is 0 Å². The van der Waals surface area contributed by atoms with Gasteiger partial charge in [0.2, 0.25) is 0 Å². The van der Waals surface area contributed by atoms with Crippen LogP contribution in [0.4, 0.5) is 0 Å². The van der Waals surface area contributed by atoms with Crippen LogP contribution in [0.5, 0.6) is 0 Å². The molecule has 1 aromatic carbocycles. The fraction of sp³-hybridized carbons (Fsp3) is 0.357. The predicted octanol–water partition coefficient (Wildman–Crippen LogP) is 5.11. The Morgan fingerprint density at radius 2 is 2.16 bits per heavy atom. The highest BCUT2D eigenvalue weighted by Crippen LogP contribution is 2.35. The van der Waals surface area contributed by atoms with Gasteiger partial charge in [0.05, 0.1) is 12.1 Å². The number of hydrogen-bond donors (Lipinski definition) is 0. The standard InChI is InChI=1S/C14H15BrN4/c1-14(2,3)11-7-12(15)10(8-18-19-16)13-9(11)5-4-6-17-13/h4-7H,8H2,1-3H3. The highest BCUT2D eigenvalue weighted by Gasteiger charge is 2.20. The monoisotopic (exact) mass is 318 g/mol. The summed E-state index contributed by atoms with van der Waals surface area (Å²) in [5.74, 6) is 0. The van der Waals surface area contributed by atoms with Gasteiger partial charge in [0.25, 0.3) is 0 Å². The molecule has 1 aromatic heterocycles. The molecule has 0 bridgehead atoms. The third-order valence-corrected chi connectivity index (χ3v) is 3.75. The first-order valence-electron chi connectivity index (χ1n) is 6.02. The Morgan fingerprint density at radius 3 is 2.79 bits per heavy atom. The van der Waals surface area contributed by atoms with Gasteiger partial charge in [-0.25, -0.2) is 0 Å². The molecule has 5 heteroatoms.